The first-order valence-electron chi connectivity index (χ1n) is 17.1. The number of benzene rings is 2. The van der Waals surface area contributed by atoms with E-state index in [1.807, 2.05) is 31.2 Å². The normalized spacial score (nSPS) is 22.3. The Balaban J connectivity index is 1.18. The van der Waals surface area contributed by atoms with Gasteiger partial charge in [-0.25, -0.2) is 8.78 Å². The van der Waals surface area contributed by atoms with Crippen molar-refractivity contribution in [3.63, 3.8) is 0 Å². The van der Waals surface area contributed by atoms with Crippen LogP contribution in [0.1, 0.15) is 74.0 Å². The number of halogens is 2. The third kappa shape index (κ3) is 8.18. The van der Waals surface area contributed by atoms with Crippen molar-refractivity contribution in [2.45, 2.75) is 71.1 Å². The van der Waals surface area contributed by atoms with Crippen LogP contribution in [0, 0.1) is 17.7 Å². The number of hydrogen-bond acceptors (Lipinski definition) is 7. The van der Waals surface area contributed by atoms with Crippen LogP contribution in [0.2, 0.25) is 0 Å². The smallest absolute Gasteiger partial charge is 0.254 e. The second-order valence-electron chi connectivity index (χ2n) is 13.8. The first-order chi connectivity index (χ1) is 23.1. The third-order valence-electron chi connectivity index (χ3n) is 9.62. The highest BCUT2D eigenvalue weighted by Gasteiger charge is 2.33. The first-order valence-corrected chi connectivity index (χ1v) is 17.1. The molecular weight excluding hydrogens is 616 g/mol. The molecule has 3 atom stereocenters. The molecule has 1 N–H and O–H groups in total. The quantitative estimate of drug-likeness (QED) is 0.279. The molecule has 3 fully saturated rings. The van der Waals surface area contributed by atoms with Crippen LogP contribution in [0.15, 0.2) is 48.5 Å². The summed E-state index contributed by atoms with van der Waals surface area (Å²) in [6, 6.07) is 13.0. The zero-order valence-electron chi connectivity index (χ0n) is 28.0. The van der Waals surface area contributed by atoms with E-state index in [1.54, 1.807) is 17.0 Å². The molecule has 9 nitrogen and oxygen atoms in total. The van der Waals surface area contributed by atoms with Crippen molar-refractivity contribution < 1.29 is 27.8 Å². The number of amides is 2. The number of piperidine rings is 1. The minimum Gasteiger partial charge on any atom is -0.457 e. The average molecular weight is 662 g/mol. The number of nitrogens with one attached hydrogen (secondary N) is 1. The Kier molecular flexibility index (Phi) is 10.7. The van der Waals surface area contributed by atoms with Gasteiger partial charge in [0, 0.05) is 63.5 Å². The molecule has 48 heavy (non-hydrogen) atoms. The molecule has 256 valence electrons. The van der Waals surface area contributed by atoms with E-state index in [1.165, 1.54) is 12.1 Å². The van der Waals surface area contributed by atoms with E-state index in [4.69, 9.17) is 9.47 Å². The summed E-state index contributed by atoms with van der Waals surface area (Å²) in [5.41, 5.74) is 2.68. The van der Waals surface area contributed by atoms with Gasteiger partial charge in [0.05, 0.1) is 23.0 Å². The summed E-state index contributed by atoms with van der Waals surface area (Å²) in [4.78, 5) is 29.8. The van der Waals surface area contributed by atoms with Crippen LogP contribution in [0.5, 0.6) is 11.5 Å². The fourth-order valence-electron chi connectivity index (χ4n) is 6.78. The van der Waals surface area contributed by atoms with Gasteiger partial charge in [-0.1, -0.05) is 20.8 Å². The fraction of sp³-hybridized carbons (Fsp3) is 0.514. The number of ether oxygens (including phenoxy) is 2. The highest BCUT2D eigenvalue weighted by Crippen LogP contribution is 2.33. The number of likely N-dealkylation sites (tertiary alicyclic amines) is 2. The molecule has 0 aliphatic carbocycles. The molecule has 2 aromatic carbocycles. The van der Waals surface area contributed by atoms with Gasteiger partial charge in [-0.15, -0.1) is 0 Å². The number of nitrogens with zero attached hydrogens (tertiary/aromatic N) is 4. The lowest BCUT2D eigenvalue weighted by molar-refractivity contribution is -0.128. The number of alkyl halides is 1. The lowest BCUT2D eigenvalue weighted by atomic mass is 9.96. The van der Waals surface area contributed by atoms with E-state index < -0.39 is 23.9 Å². The van der Waals surface area contributed by atoms with Gasteiger partial charge >= 0.3 is 0 Å². The van der Waals surface area contributed by atoms with Crippen molar-refractivity contribution in [3.8, 4) is 22.8 Å². The maximum absolute atomic E-state index is 15.6. The zero-order chi connectivity index (χ0) is 33.8. The van der Waals surface area contributed by atoms with E-state index in [2.05, 4.69) is 34.3 Å². The van der Waals surface area contributed by atoms with E-state index in [-0.39, 0.29) is 42.1 Å². The van der Waals surface area contributed by atoms with Crippen LogP contribution < -0.4 is 10.1 Å². The zero-order valence-corrected chi connectivity index (χ0v) is 28.0. The topological polar surface area (TPSA) is 96.9 Å². The van der Waals surface area contributed by atoms with Gasteiger partial charge in [-0.3, -0.25) is 9.59 Å². The Bertz CT molecular complexity index is 1580. The van der Waals surface area contributed by atoms with E-state index in [9.17, 15) is 9.59 Å². The number of carbonyl (C=O) groups excluding carboxylic acids is 2. The average Bonchev–Trinajstić information content (AvgIpc) is 3.39. The molecule has 3 aliphatic heterocycles. The van der Waals surface area contributed by atoms with Gasteiger partial charge in [0.25, 0.3) is 5.91 Å². The molecule has 0 radical (unpaired) electrons. The van der Waals surface area contributed by atoms with Gasteiger partial charge in [-0.2, -0.15) is 10.2 Å². The Morgan fingerprint density at radius 3 is 2.48 bits per heavy atom. The number of hydrogen-bond donors (Lipinski definition) is 1. The van der Waals surface area contributed by atoms with Crippen molar-refractivity contribution in [1.82, 2.24) is 25.3 Å². The first kappa shape index (κ1) is 33.9. The van der Waals surface area contributed by atoms with E-state index in [0.29, 0.717) is 43.2 Å². The van der Waals surface area contributed by atoms with Crippen LogP contribution in [0.3, 0.4) is 0 Å². The van der Waals surface area contributed by atoms with Crippen LogP contribution in [0.4, 0.5) is 8.78 Å². The third-order valence-corrected chi connectivity index (χ3v) is 9.62. The summed E-state index contributed by atoms with van der Waals surface area (Å²) in [6.07, 6.45) is 1.55. The number of aromatic nitrogens is 2. The van der Waals surface area contributed by atoms with Crippen LogP contribution in [-0.2, 0) is 16.1 Å². The van der Waals surface area contributed by atoms with Crippen LogP contribution >= 0.6 is 0 Å². The summed E-state index contributed by atoms with van der Waals surface area (Å²) >= 11 is 0. The van der Waals surface area contributed by atoms with Gasteiger partial charge in [0.15, 0.2) is 0 Å². The van der Waals surface area contributed by atoms with E-state index >= 15 is 8.78 Å². The minimum absolute atomic E-state index is 0.0122. The Hall–Kier alpha value is -3.96. The molecule has 3 unspecified atom stereocenters. The summed E-state index contributed by atoms with van der Waals surface area (Å²) in [5.74, 6) is 0.220. The van der Waals surface area contributed by atoms with Gasteiger partial charge in [0.2, 0.25) is 5.91 Å². The summed E-state index contributed by atoms with van der Waals surface area (Å²) in [7, 11) is 0. The molecule has 0 bridgehead atoms. The van der Waals surface area contributed by atoms with Crippen molar-refractivity contribution >= 4 is 11.8 Å². The fourth-order valence-corrected chi connectivity index (χ4v) is 6.78. The second kappa shape index (κ2) is 15.1. The predicted molar refractivity (Wildman–Crippen MR) is 178 cm³/mol. The molecule has 6 rings (SSSR count). The van der Waals surface area contributed by atoms with E-state index in [0.717, 1.165) is 49.6 Å². The maximum atomic E-state index is 15.6. The molecule has 3 saturated heterocycles. The van der Waals surface area contributed by atoms with Gasteiger partial charge in [-0.05, 0) is 85.5 Å². The number of rotatable bonds is 10. The molecule has 11 heteroatoms. The molecule has 3 aromatic rings. The van der Waals surface area contributed by atoms with Crippen molar-refractivity contribution in [1.29, 1.82) is 0 Å². The monoisotopic (exact) mass is 661 g/mol. The summed E-state index contributed by atoms with van der Waals surface area (Å²) in [5, 5.41) is 11.4. The molecule has 0 spiro atoms. The minimum atomic E-state index is -1.27. The summed E-state index contributed by atoms with van der Waals surface area (Å²) < 4.78 is 42.6. The van der Waals surface area contributed by atoms with Gasteiger partial charge < -0.3 is 24.6 Å². The molecule has 4 heterocycles. The lowest BCUT2D eigenvalue weighted by Crippen LogP contribution is -2.53. The number of carbonyl (C=O) groups is 2. The molecule has 3 aliphatic rings. The van der Waals surface area contributed by atoms with Gasteiger partial charge in [0.1, 0.15) is 23.5 Å². The molecular formula is C37H45F2N5O4. The standard InChI is InChI=1S/C37H45F2N5O4/c1-23(2)32-8-9-33(42-41-32)26-4-6-28(7-5-26)48-35-18-29(30(38)17-27(35)21-44-19-24(3)16-36(44)45)37(46)40-34-10-13-43(22-31(34)39)20-25-11-14-47-15-12-25/h4-9,17-18,23-25,31,34H,10-16,19-22H2,1-3H3,(H,40,46). The van der Waals surface area contributed by atoms with Crippen molar-refractivity contribution in [2.75, 3.05) is 39.4 Å². The van der Waals surface area contributed by atoms with Crippen molar-refractivity contribution in [3.05, 3.63) is 71.2 Å². The highest BCUT2D eigenvalue weighted by atomic mass is 19.1. The molecule has 1 aromatic heterocycles. The Labute approximate surface area is 281 Å². The van der Waals surface area contributed by atoms with Crippen LogP contribution in [0.25, 0.3) is 11.3 Å². The maximum Gasteiger partial charge on any atom is 0.254 e. The van der Waals surface area contributed by atoms with Crippen LogP contribution in [-0.4, -0.2) is 83.4 Å². The lowest BCUT2D eigenvalue weighted by Gasteiger charge is -2.37. The Morgan fingerprint density at radius 1 is 1.06 bits per heavy atom. The SMILES string of the molecule is CC1CC(=O)N(Cc2cc(F)c(C(=O)NC3CCN(CC4CCOCC4)CC3F)cc2Oc2ccc(-c3ccc(C(C)C)nn3)cc2)C1. The largest absolute Gasteiger partial charge is 0.457 e. The molecule has 2 amide bonds. The second-order valence-corrected chi connectivity index (χ2v) is 13.8. The predicted octanol–water partition coefficient (Wildman–Crippen LogP) is 6.14. The van der Waals surface area contributed by atoms with Crippen molar-refractivity contribution in [2.24, 2.45) is 11.8 Å². The Morgan fingerprint density at radius 2 is 1.83 bits per heavy atom. The highest BCUT2D eigenvalue weighted by molar-refractivity contribution is 5.95. The molecule has 0 saturated carbocycles. The summed E-state index contributed by atoms with van der Waals surface area (Å²) in [6.45, 7) is 10.0.